The van der Waals surface area contributed by atoms with Gasteiger partial charge < -0.3 is 5.32 Å². The average Bonchev–Trinajstić information content (AvgIpc) is 3.10. The number of aromatic nitrogens is 3. The van der Waals surface area contributed by atoms with Gasteiger partial charge in [0.05, 0.1) is 11.1 Å². The number of hydrogen-bond acceptors (Lipinski definition) is 7. The van der Waals surface area contributed by atoms with E-state index in [2.05, 4.69) is 15.3 Å². The van der Waals surface area contributed by atoms with Gasteiger partial charge in [-0.15, -0.1) is 22.7 Å². The molecule has 3 aromatic heterocycles. The van der Waals surface area contributed by atoms with E-state index in [1.54, 1.807) is 18.6 Å². The highest BCUT2D eigenvalue weighted by Crippen LogP contribution is 2.28. The normalized spacial score (nSPS) is 11.1. The molecule has 3 rings (SSSR count). The fourth-order valence-electron chi connectivity index (χ4n) is 2.06. The van der Waals surface area contributed by atoms with Crippen molar-refractivity contribution in [2.75, 3.05) is 11.1 Å². The predicted octanol–water partition coefficient (Wildman–Crippen LogP) is 2.80. The van der Waals surface area contributed by atoms with Crippen LogP contribution in [0.5, 0.6) is 0 Å². The number of hydrogen-bond donors (Lipinski definition) is 1. The smallest absolute Gasteiger partial charge is 0.262 e. The van der Waals surface area contributed by atoms with Crippen LogP contribution in [-0.4, -0.2) is 26.2 Å². The summed E-state index contributed by atoms with van der Waals surface area (Å²) in [6.45, 7) is 3.92. The second-order valence-corrected chi connectivity index (χ2v) is 7.94. The van der Waals surface area contributed by atoms with E-state index in [9.17, 15) is 9.59 Å². The number of thiophene rings is 1. The maximum Gasteiger partial charge on any atom is 0.262 e. The molecule has 1 amide bonds. The molecule has 23 heavy (non-hydrogen) atoms. The molecule has 0 aliphatic carbocycles. The summed E-state index contributed by atoms with van der Waals surface area (Å²) in [6.07, 6.45) is 1.63. The van der Waals surface area contributed by atoms with Crippen LogP contribution in [0.3, 0.4) is 0 Å². The lowest BCUT2D eigenvalue weighted by molar-refractivity contribution is -0.113. The van der Waals surface area contributed by atoms with E-state index in [0.29, 0.717) is 15.7 Å². The maximum absolute atomic E-state index is 12.5. The zero-order chi connectivity index (χ0) is 16.6. The lowest BCUT2D eigenvalue weighted by atomic mass is 10.2. The number of thiazole rings is 1. The largest absolute Gasteiger partial charge is 0.301 e. The Balaban J connectivity index is 1.82. The lowest BCUT2D eigenvalue weighted by Crippen LogP contribution is -2.21. The van der Waals surface area contributed by atoms with Crippen LogP contribution in [-0.2, 0) is 11.8 Å². The minimum atomic E-state index is -0.169. The number of carbonyl (C=O) groups excluding carboxylic acids is 1. The van der Waals surface area contributed by atoms with Crippen LogP contribution in [0.15, 0.2) is 21.5 Å². The van der Waals surface area contributed by atoms with Crippen molar-refractivity contribution in [3.05, 3.63) is 32.4 Å². The number of carbonyl (C=O) groups is 1. The van der Waals surface area contributed by atoms with E-state index in [1.807, 2.05) is 13.8 Å². The summed E-state index contributed by atoms with van der Waals surface area (Å²) in [4.78, 5) is 34.8. The van der Waals surface area contributed by atoms with Gasteiger partial charge in [-0.2, -0.15) is 0 Å². The van der Waals surface area contributed by atoms with Crippen molar-refractivity contribution in [2.45, 2.75) is 19.0 Å². The van der Waals surface area contributed by atoms with Crippen LogP contribution < -0.4 is 10.9 Å². The van der Waals surface area contributed by atoms with Crippen LogP contribution in [0.4, 0.5) is 5.13 Å². The first-order valence-electron chi connectivity index (χ1n) is 6.76. The monoisotopic (exact) mass is 366 g/mol. The van der Waals surface area contributed by atoms with Crippen molar-refractivity contribution in [3.63, 3.8) is 0 Å². The second-order valence-electron chi connectivity index (χ2n) is 4.90. The zero-order valence-electron chi connectivity index (χ0n) is 12.7. The van der Waals surface area contributed by atoms with Crippen molar-refractivity contribution in [2.24, 2.45) is 7.05 Å². The molecule has 0 aliphatic heterocycles. The summed E-state index contributed by atoms with van der Waals surface area (Å²) < 4.78 is 1.50. The van der Waals surface area contributed by atoms with Crippen LogP contribution in [0, 0.1) is 13.8 Å². The van der Waals surface area contributed by atoms with Gasteiger partial charge in [-0.3, -0.25) is 14.2 Å². The molecule has 0 saturated heterocycles. The second kappa shape index (κ2) is 6.42. The molecule has 1 N–H and O–H groups in total. The Bertz CT molecular complexity index is 928. The van der Waals surface area contributed by atoms with Gasteiger partial charge >= 0.3 is 0 Å². The molecule has 0 aliphatic rings. The number of fused-ring (bicyclic) bond motifs is 1. The number of nitrogens with zero attached hydrogens (tertiary/aromatic N) is 3. The molecule has 0 radical (unpaired) electrons. The Labute approximate surface area is 144 Å². The molecule has 9 heteroatoms. The number of aryl methyl sites for hydroxylation is 2. The van der Waals surface area contributed by atoms with Crippen LogP contribution in [0.2, 0.25) is 0 Å². The van der Waals surface area contributed by atoms with Crippen molar-refractivity contribution in [1.82, 2.24) is 14.5 Å². The third kappa shape index (κ3) is 3.17. The van der Waals surface area contributed by atoms with Crippen LogP contribution >= 0.6 is 34.4 Å². The molecular formula is C14H14N4O2S3. The van der Waals surface area contributed by atoms with Crippen LogP contribution in [0.25, 0.3) is 10.2 Å². The summed E-state index contributed by atoms with van der Waals surface area (Å²) in [5, 5.41) is 6.29. The summed E-state index contributed by atoms with van der Waals surface area (Å²) >= 11 is 4.11. The third-order valence-electron chi connectivity index (χ3n) is 3.38. The number of thioether (sulfide) groups is 1. The van der Waals surface area contributed by atoms with E-state index in [4.69, 9.17) is 0 Å². The Morgan fingerprint density at radius 3 is 2.91 bits per heavy atom. The summed E-state index contributed by atoms with van der Waals surface area (Å²) in [7, 11) is 1.68. The van der Waals surface area contributed by atoms with E-state index >= 15 is 0 Å². The van der Waals surface area contributed by atoms with Crippen molar-refractivity contribution < 1.29 is 4.79 Å². The van der Waals surface area contributed by atoms with Gasteiger partial charge in [0.15, 0.2) is 10.3 Å². The van der Waals surface area contributed by atoms with Gasteiger partial charge in [0.2, 0.25) is 5.91 Å². The third-order valence-corrected chi connectivity index (χ3v) is 6.20. The molecule has 6 nitrogen and oxygen atoms in total. The summed E-state index contributed by atoms with van der Waals surface area (Å²) in [5.74, 6) is 0.00663. The molecule has 3 aromatic rings. The Morgan fingerprint density at radius 2 is 2.22 bits per heavy atom. The average molecular weight is 366 g/mol. The van der Waals surface area contributed by atoms with Gasteiger partial charge in [0, 0.05) is 23.5 Å². The molecule has 0 atom stereocenters. The molecule has 120 valence electrons. The molecule has 0 unspecified atom stereocenters. The highest BCUT2D eigenvalue weighted by molar-refractivity contribution is 7.99. The highest BCUT2D eigenvalue weighted by Gasteiger charge is 2.15. The highest BCUT2D eigenvalue weighted by atomic mass is 32.2. The number of nitrogens with one attached hydrogen (secondary N) is 1. The van der Waals surface area contributed by atoms with Gasteiger partial charge in [0.25, 0.3) is 5.56 Å². The number of amides is 1. The molecule has 0 fully saturated rings. The Kier molecular flexibility index (Phi) is 4.51. The molecule has 0 spiro atoms. The molecule has 0 aromatic carbocycles. The quantitative estimate of drug-likeness (QED) is 0.567. The van der Waals surface area contributed by atoms with Gasteiger partial charge in [-0.1, -0.05) is 11.8 Å². The summed E-state index contributed by atoms with van der Waals surface area (Å²) in [5.41, 5.74) is 0.913. The minimum Gasteiger partial charge on any atom is -0.301 e. The first kappa shape index (κ1) is 16.2. The maximum atomic E-state index is 12.5. The lowest BCUT2D eigenvalue weighted by Gasteiger charge is -2.07. The van der Waals surface area contributed by atoms with Gasteiger partial charge in [-0.05, 0) is 19.4 Å². The first-order valence-corrected chi connectivity index (χ1v) is 9.44. The SMILES string of the molecule is Cc1sc2nc(SCC(=O)Nc3nccs3)n(C)c(=O)c2c1C. The van der Waals surface area contributed by atoms with Gasteiger partial charge in [-0.25, -0.2) is 9.97 Å². The van der Waals surface area contributed by atoms with Gasteiger partial charge in [0.1, 0.15) is 4.83 Å². The van der Waals surface area contributed by atoms with E-state index in [1.165, 1.54) is 39.0 Å². The van der Waals surface area contributed by atoms with E-state index in [0.717, 1.165) is 15.3 Å². The fourth-order valence-corrected chi connectivity index (χ4v) is 4.44. The van der Waals surface area contributed by atoms with Crippen LogP contribution in [0.1, 0.15) is 10.4 Å². The first-order chi connectivity index (χ1) is 11.0. The molecule has 0 bridgehead atoms. The summed E-state index contributed by atoms with van der Waals surface area (Å²) in [6, 6.07) is 0. The fraction of sp³-hybridized carbons (Fsp3) is 0.286. The Morgan fingerprint density at radius 1 is 1.43 bits per heavy atom. The van der Waals surface area contributed by atoms with E-state index < -0.39 is 0 Å². The minimum absolute atomic E-state index is 0.0697. The zero-order valence-corrected chi connectivity index (χ0v) is 15.2. The molecule has 0 saturated carbocycles. The number of anilines is 1. The topological polar surface area (TPSA) is 76.9 Å². The van der Waals surface area contributed by atoms with E-state index in [-0.39, 0.29) is 17.2 Å². The standard InChI is InChI=1S/C14H14N4O2S3/c1-7-8(2)23-11-10(7)12(20)18(3)14(17-11)22-6-9(19)16-13-15-4-5-21-13/h4-5H,6H2,1-3H3,(H,15,16,19). The molecule has 3 heterocycles. The van der Waals surface area contributed by atoms with Crippen molar-refractivity contribution in [3.8, 4) is 0 Å². The molecular weight excluding hydrogens is 352 g/mol. The number of rotatable bonds is 4. The Hall–Kier alpha value is -1.71. The predicted molar refractivity (Wildman–Crippen MR) is 95.8 cm³/mol. The van der Waals surface area contributed by atoms with Crippen molar-refractivity contribution in [1.29, 1.82) is 0 Å². The van der Waals surface area contributed by atoms with Crippen molar-refractivity contribution >= 4 is 55.7 Å².